The first-order valence-corrected chi connectivity index (χ1v) is 33.4. The maximum atomic E-state index is 12.9. The van der Waals surface area contributed by atoms with Gasteiger partial charge in [0.05, 0.1) is 0 Å². The van der Waals surface area contributed by atoms with Gasteiger partial charge in [-0.3, -0.25) is 14.4 Å². The molecule has 0 spiro atoms. The van der Waals surface area contributed by atoms with Crippen molar-refractivity contribution in [3.63, 3.8) is 0 Å². The largest absolute Gasteiger partial charge is 0.462 e. The van der Waals surface area contributed by atoms with Crippen molar-refractivity contribution in [3.8, 4) is 0 Å². The van der Waals surface area contributed by atoms with Gasteiger partial charge in [0, 0.05) is 19.3 Å². The van der Waals surface area contributed by atoms with Crippen LogP contribution < -0.4 is 0 Å². The quantitative estimate of drug-likeness (QED) is 0.0261. The third-order valence-corrected chi connectivity index (χ3v) is 14.7. The number of allylic oxidation sites excluding steroid dienone is 12. The Bertz CT molecular complexity index is 1420. The zero-order valence-electron chi connectivity index (χ0n) is 51.2. The smallest absolute Gasteiger partial charge is 0.306 e. The Balaban J connectivity index is 4.27. The Hall–Kier alpha value is -3.15. The molecule has 0 N–H and O–H groups in total. The van der Waals surface area contributed by atoms with Crippen molar-refractivity contribution in [2.24, 2.45) is 0 Å². The van der Waals surface area contributed by atoms with E-state index >= 15 is 0 Å². The maximum absolute atomic E-state index is 12.9. The monoisotopic (exact) mass is 1070 g/mol. The molecule has 0 saturated carbocycles. The molecule has 1 unspecified atom stereocenters. The standard InChI is InChI=1S/C71H126O6/c1-4-7-10-13-16-19-22-24-26-28-30-32-34-35-37-38-40-42-44-46-49-52-55-58-61-64-70(73)76-67-68(66-75-69(72)63-60-57-54-51-48-21-18-15-12-9-6-3)77-71(74)65-62-59-56-53-50-47-45-43-41-39-36-33-31-29-27-25-23-20-17-14-11-8-5-2/h7,10,16,19,24,26,30,32,35,37,40,42,68H,4-6,8-9,11-15,17-18,20-23,25,27-29,31,33-34,36,38-39,41,43-67H2,1-3H3/b10-7-,19-16-,26-24-,32-30-,37-35-,42-40-. The molecule has 0 aromatic rings. The molecular weight excluding hydrogens is 949 g/mol. The average Bonchev–Trinajstić information content (AvgIpc) is 3.43. The SMILES string of the molecule is CC/C=C\C/C=C\C/C=C\C/C=C\C/C=C\C/C=C\CCCCCCCCC(=O)OCC(COC(=O)CCCCCCCCCCCCC)OC(=O)CCCCCCCCCCCCCCCCCCCCCCCCC. The van der Waals surface area contributed by atoms with E-state index in [2.05, 4.69) is 93.7 Å². The fourth-order valence-electron chi connectivity index (χ4n) is 9.74. The van der Waals surface area contributed by atoms with Gasteiger partial charge in [0.25, 0.3) is 0 Å². The number of ether oxygens (including phenoxy) is 3. The third kappa shape index (κ3) is 63.6. The molecule has 0 heterocycles. The van der Waals surface area contributed by atoms with E-state index in [0.29, 0.717) is 19.3 Å². The van der Waals surface area contributed by atoms with E-state index in [0.717, 1.165) is 103 Å². The van der Waals surface area contributed by atoms with Crippen LogP contribution in [-0.2, 0) is 28.6 Å². The van der Waals surface area contributed by atoms with Gasteiger partial charge in [-0.15, -0.1) is 0 Å². The number of carbonyl (C=O) groups excluding carboxylic acids is 3. The maximum Gasteiger partial charge on any atom is 0.306 e. The first-order chi connectivity index (χ1) is 38.0. The molecule has 0 aliphatic rings. The molecule has 0 fully saturated rings. The number of hydrogen-bond donors (Lipinski definition) is 0. The van der Waals surface area contributed by atoms with Gasteiger partial charge < -0.3 is 14.2 Å². The van der Waals surface area contributed by atoms with Crippen LogP contribution in [0.3, 0.4) is 0 Å². The first-order valence-electron chi connectivity index (χ1n) is 33.4. The predicted molar refractivity (Wildman–Crippen MR) is 335 cm³/mol. The van der Waals surface area contributed by atoms with Crippen LogP contribution in [0.5, 0.6) is 0 Å². The molecule has 1 atom stereocenters. The van der Waals surface area contributed by atoms with Gasteiger partial charge in [-0.05, 0) is 70.6 Å². The normalized spacial score (nSPS) is 12.5. The summed E-state index contributed by atoms with van der Waals surface area (Å²) < 4.78 is 16.9. The van der Waals surface area contributed by atoms with Crippen LogP contribution in [0.2, 0.25) is 0 Å². The Morgan fingerprint density at radius 3 is 0.792 bits per heavy atom. The van der Waals surface area contributed by atoms with E-state index in [4.69, 9.17) is 14.2 Å². The molecule has 0 radical (unpaired) electrons. The van der Waals surface area contributed by atoms with Crippen molar-refractivity contribution in [2.75, 3.05) is 13.2 Å². The summed E-state index contributed by atoms with van der Waals surface area (Å²) in [6, 6.07) is 0. The van der Waals surface area contributed by atoms with Gasteiger partial charge in [0.2, 0.25) is 0 Å². The highest BCUT2D eigenvalue weighted by molar-refractivity contribution is 5.71. The van der Waals surface area contributed by atoms with Crippen molar-refractivity contribution in [3.05, 3.63) is 72.9 Å². The van der Waals surface area contributed by atoms with Crippen LogP contribution in [-0.4, -0.2) is 37.2 Å². The van der Waals surface area contributed by atoms with Gasteiger partial charge in [-0.2, -0.15) is 0 Å². The number of esters is 3. The second kappa shape index (κ2) is 65.4. The highest BCUT2D eigenvalue weighted by Crippen LogP contribution is 2.18. The molecule has 0 bridgehead atoms. The van der Waals surface area contributed by atoms with Crippen LogP contribution >= 0.6 is 0 Å². The molecule has 446 valence electrons. The summed E-state index contributed by atoms with van der Waals surface area (Å²) in [4.78, 5) is 38.3. The second-order valence-corrected chi connectivity index (χ2v) is 22.4. The molecule has 0 aliphatic carbocycles. The van der Waals surface area contributed by atoms with Crippen molar-refractivity contribution in [2.45, 2.75) is 348 Å². The van der Waals surface area contributed by atoms with E-state index in [-0.39, 0.29) is 31.1 Å². The van der Waals surface area contributed by atoms with E-state index in [1.807, 2.05) is 0 Å². The molecular formula is C71H126O6. The van der Waals surface area contributed by atoms with Crippen molar-refractivity contribution < 1.29 is 28.6 Å². The lowest BCUT2D eigenvalue weighted by molar-refractivity contribution is -0.167. The molecule has 0 aromatic carbocycles. The Morgan fingerprint density at radius 1 is 0.273 bits per heavy atom. The summed E-state index contributed by atoms with van der Waals surface area (Å²) in [5, 5.41) is 0. The lowest BCUT2D eigenvalue weighted by atomic mass is 10.0. The van der Waals surface area contributed by atoms with Gasteiger partial charge in [0.1, 0.15) is 13.2 Å². The Kier molecular flexibility index (Phi) is 62.7. The van der Waals surface area contributed by atoms with Crippen LogP contribution in [0, 0.1) is 0 Å². The van der Waals surface area contributed by atoms with E-state index in [9.17, 15) is 14.4 Å². The first kappa shape index (κ1) is 73.8. The minimum absolute atomic E-state index is 0.0755. The Labute approximate surface area is 478 Å². The molecule has 0 saturated heterocycles. The van der Waals surface area contributed by atoms with Crippen molar-refractivity contribution in [1.29, 1.82) is 0 Å². The Morgan fingerprint density at radius 2 is 0.506 bits per heavy atom. The number of hydrogen-bond acceptors (Lipinski definition) is 6. The van der Waals surface area contributed by atoms with Crippen LogP contribution in [0.4, 0.5) is 0 Å². The molecule has 6 heteroatoms. The van der Waals surface area contributed by atoms with Crippen LogP contribution in [0.25, 0.3) is 0 Å². The summed E-state index contributed by atoms with van der Waals surface area (Å²) in [5.41, 5.74) is 0. The average molecular weight is 1080 g/mol. The summed E-state index contributed by atoms with van der Waals surface area (Å²) >= 11 is 0. The molecule has 0 rings (SSSR count). The van der Waals surface area contributed by atoms with Crippen LogP contribution in [0.1, 0.15) is 342 Å². The lowest BCUT2D eigenvalue weighted by Crippen LogP contribution is -2.30. The minimum Gasteiger partial charge on any atom is -0.462 e. The summed E-state index contributed by atoms with van der Waals surface area (Å²) in [5.74, 6) is -0.872. The predicted octanol–water partition coefficient (Wildman–Crippen LogP) is 22.9. The van der Waals surface area contributed by atoms with Crippen molar-refractivity contribution in [1.82, 2.24) is 0 Å². The number of rotatable bonds is 61. The second-order valence-electron chi connectivity index (χ2n) is 22.4. The molecule has 6 nitrogen and oxygen atoms in total. The van der Waals surface area contributed by atoms with Gasteiger partial charge in [-0.1, -0.05) is 325 Å². The third-order valence-electron chi connectivity index (χ3n) is 14.7. The van der Waals surface area contributed by atoms with E-state index in [1.54, 1.807) is 0 Å². The molecule has 0 aromatic heterocycles. The van der Waals surface area contributed by atoms with Crippen LogP contribution in [0.15, 0.2) is 72.9 Å². The highest BCUT2D eigenvalue weighted by Gasteiger charge is 2.19. The van der Waals surface area contributed by atoms with E-state index < -0.39 is 6.10 Å². The zero-order chi connectivity index (χ0) is 55.7. The van der Waals surface area contributed by atoms with E-state index in [1.165, 1.54) is 199 Å². The fourth-order valence-corrected chi connectivity index (χ4v) is 9.74. The molecule has 0 amide bonds. The fraction of sp³-hybridized carbons (Fsp3) is 0.789. The number of unbranched alkanes of at least 4 members (excludes halogenated alkanes) is 38. The van der Waals surface area contributed by atoms with Gasteiger partial charge in [-0.25, -0.2) is 0 Å². The summed E-state index contributed by atoms with van der Waals surface area (Å²) in [6.45, 7) is 6.56. The van der Waals surface area contributed by atoms with Gasteiger partial charge >= 0.3 is 17.9 Å². The van der Waals surface area contributed by atoms with Gasteiger partial charge in [0.15, 0.2) is 6.10 Å². The summed E-state index contributed by atoms with van der Waals surface area (Å²) in [6.07, 6.45) is 84.9. The molecule has 77 heavy (non-hydrogen) atoms. The highest BCUT2D eigenvalue weighted by atomic mass is 16.6. The summed E-state index contributed by atoms with van der Waals surface area (Å²) in [7, 11) is 0. The topological polar surface area (TPSA) is 78.9 Å². The minimum atomic E-state index is -0.779. The lowest BCUT2D eigenvalue weighted by Gasteiger charge is -2.18. The van der Waals surface area contributed by atoms with Crippen molar-refractivity contribution >= 4 is 17.9 Å². The number of carbonyl (C=O) groups is 3. The zero-order valence-corrected chi connectivity index (χ0v) is 51.2. The molecule has 0 aliphatic heterocycles.